The summed E-state index contributed by atoms with van der Waals surface area (Å²) in [4.78, 5) is 4.73. The third-order valence-electron chi connectivity index (χ3n) is 3.68. The maximum atomic E-state index is 6.31. The molecule has 0 aliphatic heterocycles. The maximum absolute atomic E-state index is 6.31. The molecule has 0 fully saturated rings. The van der Waals surface area contributed by atoms with Crippen LogP contribution < -0.4 is 0 Å². The quantitative estimate of drug-likeness (QED) is 0.686. The third kappa shape index (κ3) is 2.68. The second kappa shape index (κ2) is 5.53. The molecule has 5 heteroatoms. The number of aromatic nitrogens is 4. The SMILES string of the molecule is Cc1cnn(CCn2c(C(C)Cl)nc3c(C)cccc32)c1. The van der Waals surface area contributed by atoms with Crippen LogP contribution >= 0.6 is 11.6 Å². The van der Waals surface area contributed by atoms with E-state index in [1.165, 1.54) is 11.1 Å². The van der Waals surface area contributed by atoms with Crippen molar-refractivity contribution in [3.8, 4) is 0 Å². The molecule has 1 unspecified atom stereocenters. The standard InChI is InChI=1S/C16H19ClN4/c1-11-9-18-20(10-11)7-8-21-14-6-4-5-12(2)15(14)19-16(21)13(3)17/h4-6,9-10,13H,7-8H2,1-3H3. The van der Waals surface area contributed by atoms with Crippen LogP contribution in [-0.2, 0) is 13.1 Å². The van der Waals surface area contributed by atoms with E-state index in [-0.39, 0.29) is 5.38 Å². The fourth-order valence-electron chi connectivity index (χ4n) is 2.64. The monoisotopic (exact) mass is 302 g/mol. The average molecular weight is 303 g/mol. The Kier molecular flexibility index (Phi) is 3.72. The predicted octanol–water partition coefficient (Wildman–Crippen LogP) is 3.85. The number of halogens is 1. The summed E-state index contributed by atoms with van der Waals surface area (Å²) in [5.41, 5.74) is 4.53. The Balaban J connectivity index is 1.99. The number of fused-ring (bicyclic) bond motifs is 1. The topological polar surface area (TPSA) is 35.6 Å². The fraction of sp³-hybridized carbons (Fsp3) is 0.375. The number of alkyl halides is 1. The van der Waals surface area contributed by atoms with Crippen LogP contribution in [0, 0.1) is 13.8 Å². The molecule has 0 saturated carbocycles. The third-order valence-corrected chi connectivity index (χ3v) is 3.88. The molecule has 0 bridgehead atoms. The second-order valence-corrected chi connectivity index (χ2v) is 6.12. The van der Waals surface area contributed by atoms with Crippen molar-refractivity contribution in [2.24, 2.45) is 0 Å². The van der Waals surface area contributed by atoms with Crippen LogP contribution in [0.2, 0.25) is 0 Å². The number of benzene rings is 1. The molecule has 2 aromatic heterocycles. The molecule has 3 aromatic rings. The van der Waals surface area contributed by atoms with E-state index in [4.69, 9.17) is 16.6 Å². The number of rotatable bonds is 4. The number of hydrogen-bond donors (Lipinski definition) is 0. The van der Waals surface area contributed by atoms with Gasteiger partial charge in [0.2, 0.25) is 0 Å². The molecular weight excluding hydrogens is 284 g/mol. The van der Waals surface area contributed by atoms with E-state index in [1.807, 2.05) is 30.9 Å². The van der Waals surface area contributed by atoms with E-state index in [9.17, 15) is 0 Å². The molecule has 0 saturated heterocycles. The van der Waals surface area contributed by atoms with Crippen LogP contribution in [0.15, 0.2) is 30.6 Å². The summed E-state index contributed by atoms with van der Waals surface area (Å²) < 4.78 is 4.16. The lowest BCUT2D eigenvalue weighted by Gasteiger charge is -2.10. The van der Waals surface area contributed by atoms with Crippen molar-refractivity contribution in [2.45, 2.75) is 39.2 Å². The van der Waals surface area contributed by atoms with E-state index in [0.29, 0.717) is 0 Å². The molecule has 110 valence electrons. The van der Waals surface area contributed by atoms with Gasteiger partial charge in [0, 0.05) is 12.7 Å². The van der Waals surface area contributed by atoms with E-state index < -0.39 is 0 Å². The zero-order valence-corrected chi connectivity index (χ0v) is 13.3. The van der Waals surface area contributed by atoms with Gasteiger partial charge in [0.15, 0.2) is 0 Å². The molecule has 1 aromatic carbocycles. The van der Waals surface area contributed by atoms with Gasteiger partial charge in [0.1, 0.15) is 5.82 Å². The van der Waals surface area contributed by atoms with Gasteiger partial charge >= 0.3 is 0 Å². The normalized spacial score (nSPS) is 13.0. The largest absolute Gasteiger partial charge is 0.325 e. The summed E-state index contributed by atoms with van der Waals surface area (Å²) in [6.45, 7) is 7.72. The molecule has 21 heavy (non-hydrogen) atoms. The van der Waals surface area contributed by atoms with Gasteiger partial charge in [0.05, 0.1) is 29.2 Å². The molecule has 1 atom stereocenters. The molecule has 3 rings (SSSR count). The van der Waals surface area contributed by atoms with Crippen molar-refractivity contribution < 1.29 is 0 Å². The second-order valence-electron chi connectivity index (χ2n) is 5.46. The van der Waals surface area contributed by atoms with Crippen molar-refractivity contribution in [2.75, 3.05) is 0 Å². The first-order valence-corrected chi connectivity index (χ1v) is 7.59. The highest BCUT2D eigenvalue weighted by molar-refractivity contribution is 6.20. The first kappa shape index (κ1) is 14.1. The molecule has 0 amide bonds. The molecule has 0 N–H and O–H groups in total. The molecule has 0 aliphatic carbocycles. The van der Waals surface area contributed by atoms with Gasteiger partial charge in [-0.25, -0.2) is 4.98 Å². The Morgan fingerprint density at radius 3 is 2.71 bits per heavy atom. The highest BCUT2D eigenvalue weighted by Gasteiger charge is 2.15. The van der Waals surface area contributed by atoms with Gasteiger partial charge in [-0.05, 0) is 38.0 Å². The molecule has 2 heterocycles. The number of aryl methyl sites for hydroxylation is 4. The lowest BCUT2D eigenvalue weighted by atomic mass is 10.2. The summed E-state index contributed by atoms with van der Waals surface area (Å²) in [5, 5.41) is 4.22. The number of para-hydroxylation sites is 1. The van der Waals surface area contributed by atoms with Crippen molar-refractivity contribution >= 4 is 22.6 Å². The zero-order chi connectivity index (χ0) is 15.0. The van der Waals surface area contributed by atoms with E-state index in [0.717, 1.165) is 29.9 Å². The summed E-state index contributed by atoms with van der Waals surface area (Å²) in [5.74, 6) is 0.921. The lowest BCUT2D eigenvalue weighted by Crippen LogP contribution is -2.11. The minimum atomic E-state index is -0.115. The highest BCUT2D eigenvalue weighted by atomic mass is 35.5. The van der Waals surface area contributed by atoms with Crippen LogP contribution in [0.3, 0.4) is 0 Å². The van der Waals surface area contributed by atoms with Crippen LogP contribution in [0.1, 0.15) is 29.3 Å². The van der Waals surface area contributed by atoms with Crippen LogP contribution in [0.5, 0.6) is 0 Å². The first-order chi connectivity index (χ1) is 10.1. The minimum Gasteiger partial charge on any atom is -0.325 e. The predicted molar refractivity (Wildman–Crippen MR) is 85.7 cm³/mol. The van der Waals surface area contributed by atoms with Crippen LogP contribution in [-0.4, -0.2) is 19.3 Å². The molecule has 0 radical (unpaired) electrons. The number of nitrogens with zero attached hydrogens (tertiary/aromatic N) is 4. The van der Waals surface area contributed by atoms with Gasteiger partial charge in [-0.1, -0.05) is 12.1 Å². The van der Waals surface area contributed by atoms with Gasteiger partial charge in [-0.2, -0.15) is 5.10 Å². The average Bonchev–Trinajstić information content (AvgIpc) is 3.01. The number of imidazole rings is 1. The Morgan fingerprint density at radius 1 is 1.24 bits per heavy atom. The van der Waals surface area contributed by atoms with Gasteiger partial charge in [-0.3, -0.25) is 4.68 Å². The van der Waals surface area contributed by atoms with Gasteiger partial charge in [-0.15, -0.1) is 11.6 Å². The van der Waals surface area contributed by atoms with E-state index in [1.54, 1.807) is 0 Å². The van der Waals surface area contributed by atoms with Gasteiger partial charge in [0.25, 0.3) is 0 Å². The van der Waals surface area contributed by atoms with Crippen molar-refractivity contribution in [1.29, 1.82) is 0 Å². The maximum Gasteiger partial charge on any atom is 0.127 e. The summed E-state index contributed by atoms with van der Waals surface area (Å²) >= 11 is 6.31. The smallest absolute Gasteiger partial charge is 0.127 e. The lowest BCUT2D eigenvalue weighted by molar-refractivity contribution is 0.528. The van der Waals surface area contributed by atoms with E-state index >= 15 is 0 Å². The molecule has 4 nitrogen and oxygen atoms in total. The highest BCUT2D eigenvalue weighted by Crippen LogP contribution is 2.26. The molecule has 0 spiro atoms. The number of hydrogen-bond acceptors (Lipinski definition) is 2. The summed E-state index contributed by atoms with van der Waals surface area (Å²) in [7, 11) is 0. The molecule has 0 aliphatic rings. The van der Waals surface area contributed by atoms with E-state index in [2.05, 4.69) is 34.8 Å². The summed E-state index contributed by atoms with van der Waals surface area (Å²) in [6.07, 6.45) is 3.93. The summed E-state index contributed by atoms with van der Waals surface area (Å²) in [6, 6.07) is 6.25. The Hall–Kier alpha value is -1.81. The van der Waals surface area contributed by atoms with Crippen molar-refractivity contribution in [1.82, 2.24) is 19.3 Å². The zero-order valence-electron chi connectivity index (χ0n) is 12.5. The Bertz CT molecular complexity index is 770. The van der Waals surface area contributed by atoms with Crippen LogP contribution in [0.4, 0.5) is 0 Å². The molecular formula is C16H19ClN4. The van der Waals surface area contributed by atoms with Crippen LogP contribution in [0.25, 0.3) is 11.0 Å². The van der Waals surface area contributed by atoms with Gasteiger partial charge < -0.3 is 4.57 Å². The van der Waals surface area contributed by atoms with Crippen molar-refractivity contribution in [3.63, 3.8) is 0 Å². The Labute approximate surface area is 129 Å². The minimum absolute atomic E-state index is 0.115. The Morgan fingerprint density at radius 2 is 2.05 bits per heavy atom. The van der Waals surface area contributed by atoms with Crippen molar-refractivity contribution in [3.05, 3.63) is 47.5 Å². The first-order valence-electron chi connectivity index (χ1n) is 7.15. The fourth-order valence-corrected chi connectivity index (χ4v) is 2.80.